The van der Waals surface area contributed by atoms with Gasteiger partial charge in [0.2, 0.25) is 23.6 Å². The monoisotopic (exact) mass is 711 g/mol. The fourth-order valence-electron chi connectivity index (χ4n) is 5.16. The van der Waals surface area contributed by atoms with Crippen molar-refractivity contribution in [2.24, 2.45) is 5.73 Å². The molecule has 0 spiro atoms. The van der Waals surface area contributed by atoms with Crippen LogP contribution in [0.1, 0.15) is 54.4 Å². The van der Waals surface area contributed by atoms with Crippen LogP contribution < -0.4 is 21.7 Å². The highest BCUT2D eigenvalue weighted by Crippen LogP contribution is 2.22. The molecule has 0 aromatic heterocycles. The van der Waals surface area contributed by atoms with Crippen molar-refractivity contribution < 1.29 is 34.9 Å². The van der Waals surface area contributed by atoms with Gasteiger partial charge < -0.3 is 42.3 Å². The number of unbranched alkanes of at least 4 members (excludes halogenated alkanes) is 3. The number of phenolic OH excluding ortho intramolecular Hbond substituents is 1. The first-order valence-electron chi connectivity index (χ1n) is 15.8. The molecule has 0 radical (unpaired) electrons. The number of nitrogens with zero attached hydrogens (tertiary/aromatic N) is 1. The molecule has 0 heterocycles. The van der Waals surface area contributed by atoms with Crippen LogP contribution in [-0.2, 0) is 32.0 Å². The fraction of sp³-hybridized carbons (Fsp3) is 0.529. The number of phenols is 1. The molecule has 0 saturated heterocycles. The van der Waals surface area contributed by atoms with E-state index in [1.807, 2.05) is 50.4 Å². The van der Waals surface area contributed by atoms with Crippen LogP contribution in [0.15, 0.2) is 42.5 Å². The molecule has 4 amide bonds. The van der Waals surface area contributed by atoms with E-state index >= 15 is 0 Å². The predicted octanol–water partition coefficient (Wildman–Crippen LogP) is 1.57. The first-order chi connectivity index (χ1) is 22.0. The lowest BCUT2D eigenvalue weighted by molar-refractivity contribution is -0.135. The number of amides is 4. The van der Waals surface area contributed by atoms with Gasteiger partial charge in [-0.3, -0.25) is 19.2 Å². The van der Waals surface area contributed by atoms with E-state index in [1.54, 1.807) is 24.1 Å². The van der Waals surface area contributed by atoms with E-state index in [4.69, 9.17) is 10.8 Å². The van der Waals surface area contributed by atoms with Gasteiger partial charge in [-0.15, -0.1) is 12.4 Å². The van der Waals surface area contributed by atoms with Gasteiger partial charge in [-0.05, 0) is 85.9 Å². The smallest absolute Gasteiger partial charge is 0.245 e. The minimum absolute atomic E-state index is 0. The molecule has 0 saturated carbocycles. The maximum absolute atomic E-state index is 13.4. The molecule has 0 unspecified atom stereocenters. The summed E-state index contributed by atoms with van der Waals surface area (Å²) in [5, 5.41) is 26.9. The summed E-state index contributed by atoms with van der Waals surface area (Å²) in [6.45, 7) is 3.97. The van der Waals surface area contributed by atoms with E-state index in [2.05, 4.69) is 16.0 Å². The first kappa shape index (κ1) is 44.6. The van der Waals surface area contributed by atoms with Crippen LogP contribution in [0.3, 0.4) is 0 Å². The molecule has 2 aromatic carbocycles. The predicted molar refractivity (Wildman–Crippen MR) is 193 cm³/mol. The van der Waals surface area contributed by atoms with E-state index in [0.29, 0.717) is 25.1 Å². The van der Waals surface area contributed by atoms with Crippen molar-refractivity contribution in [1.29, 1.82) is 0 Å². The number of aromatic hydroxyl groups is 1. The average Bonchev–Trinajstić information content (AvgIpc) is 3.02. The summed E-state index contributed by atoms with van der Waals surface area (Å²) in [5.74, 6) is -1.04. The van der Waals surface area contributed by atoms with E-state index < -0.39 is 35.8 Å². The number of nitrogens with two attached hydrogens (primary N) is 1. The molecule has 0 fully saturated rings. The highest BCUT2D eigenvalue weighted by Gasteiger charge is 2.27. The highest BCUT2D eigenvalue weighted by molar-refractivity contribution is 7.98. The average molecular weight is 712 g/mol. The Labute approximate surface area is 294 Å². The van der Waals surface area contributed by atoms with Crippen LogP contribution in [0.2, 0.25) is 0 Å². The van der Waals surface area contributed by atoms with Crippen LogP contribution >= 0.6 is 24.2 Å². The Morgan fingerprint density at radius 1 is 0.917 bits per heavy atom. The molecule has 12 nitrogen and oxygen atoms in total. The van der Waals surface area contributed by atoms with E-state index in [1.165, 1.54) is 11.8 Å². The van der Waals surface area contributed by atoms with Gasteiger partial charge in [0.1, 0.15) is 17.8 Å². The Bertz CT molecular complexity index is 1260. The largest absolute Gasteiger partial charge is 0.508 e. The maximum atomic E-state index is 13.4. The Morgan fingerprint density at radius 3 is 2.15 bits per heavy atom. The molecular formula is C34H54ClN5O7S. The number of benzene rings is 2. The Hall–Kier alpha value is -3.36. The lowest BCUT2D eigenvalue weighted by Gasteiger charge is -2.25. The summed E-state index contributed by atoms with van der Waals surface area (Å²) < 4.78 is 0. The number of rotatable bonds is 20. The quantitative estimate of drug-likeness (QED) is 0.111. The molecule has 3 atom stereocenters. The normalized spacial score (nSPS) is 12.4. The van der Waals surface area contributed by atoms with Crippen molar-refractivity contribution in [2.75, 3.05) is 38.8 Å². The van der Waals surface area contributed by atoms with Gasteiger partial charge >= 0.3 is 0 Å². The van der Waals surface area contributed by atoms with Crippen molar-refractivity contribution >= 4 is 47.8 Å². The maximum Gasteiger partial charge on any atom is 0.245 e. The molecule has 48 heavy (non-hydrogen) atoms. The molecule has 0 bridgehead atoms. The summed E-state index contributed by atoms with van der Waals surface area (Å²) in [6.07, 6.45) is 6.02. The van der Waals surface area contributed by atoms with Crippen molar-refractivity contribution in [2.45, 2.75) is 76.9 Å². The third-order valence-electron chi connectivity index (χ3n) is 7.80. The SMILES string of the molecule is CSCC[C@@H](NC(=O)[C@@H](N)Cc1c(C)cc(O)cc1C)C(=O)NCC(=O)N[C@@H](Cc1ccccc1)C(=O)N(C)CCCCCCO.Cl.O. The fourth-order valence-corrected chi connectivity index (χ4v) is 5.64. The Kier molecular flexibility index (Phi) is 22.2. The van der Waals surface area contributed by atoms with Crippen molar-refractivity contribution in [3.63, 3.8) is 0 Å². The van der Waals surface area contributed by atoms with E-state index in [0.717, 1.165) is 47.9 Å². The molecule has 270 valence electrons. The zero-order chi connectivity index (χ0) is 34.1. The number of hydrogen-bond donors (Lipinski definition) is 6. The number of aliphatic hydroxyl groups is 1. The van der Waals surface area contributed by atoms with Crippen LogP contribution in [0.25, 0.3) is 0 Å². The minimum atomic E-state index is -0.925. The van der Waals surface area contributed by atoms with Gasteiger partial charge in [-0.25, -0.2) is 0 Å². The highest BCUT2D eigenvalue weighted by atomic mass is 35.5. The molecule has 9 N–H and O–H groups in total. The zero-order valence-corrected chi connectivity index (χ0v) is 30.1. The number of carbonyl (C=O) groups is 4. The van der Waals surface area contributed by atoms with Crippen LogP contribution in [0, 0.1) is 13.8 Å². The number of likely N-dealkylation sites (N-methyl/N-ethyl adjacent to an activating group) is 1. The molecule has 0 aliphatic rings. The van der Waals surface area contributed by atoms with Gasteiger partial charge in [0.05, 0.1) is 12.6 Å². The Balaban J connectivity index is 0.0000110. The van der Waals surface area contributed by atoms with Crippen molar-refractivity contribution in [1.82, 2.24) is 20.9 Å². The molecule has 14 heteroatoms. The summed E-state index contributed by atoms with van der Waals surface area (Å²) in [4.78, 5) is 54.2. The van der Waals surface area contributed by atoms with Crippen molar-refractivity contribution in [3.05, 3.63) is 64.7 Å². The van der Waals surface area contributed by atoms with Gasteiger partial charge in [-0.1, -0.05) is 43.2 Å². The van der Waals surface area contributed by atoms with E-state index in [-0.39, 0.29) is 49.1 Å². The number of carbonyl (C=O) groups excluding carboxylic acids is 4. The van der Waals surface area contributed by atoms with Crippen molar-refractivity contribution in [3.8, 4) is 5.75 Å². The second-order valence-electron chi connectivity index (χ2n) is 11.6. The minimum Gasteiger partial charge on any atom is -0.508 e. The summed E-state index contributed by atoms with van der Waals surface area (Å²) >= 11 is 1.52. The number of halogens is 1. The molecule has 0 aliphatic heterocycles. The number of aliphatic hydroxyl groups excluding tert-OH is 1. The van der Waals surface area contributed by atoms with E-state index in [9.17, 15) is 24.3 Å². The van der Waals surface area contributed by atoms with Crippen LogP contribution in [0.4, 0.5) is 0 Å². The summed E-state index contributed by atoms with van der Waals surface area (Å²) in [5.41, 5.74) is 9.60. The zero-order valence-electron chi connectivity index (χ0n) is 28.4. The van der Waals surface area contributed by atoms with Gasteiger partial charge in [0, 0.05) is 26.6 Å². The molecule has 2 aromatic rings. The second kappa shape index (κ2) is 23.9. The van der Waals surface area contributed by atoms with Crippen LogP contribution in [0.5, 0.6) is 5.75 Å². The molecular weight excluding hydrogens is 658 g/mol. The van der Waals surface area contributed by atoms with Crippen LogP contribution in [-0.4, -0.2) is 101 Å². The lowest BCUT2D eigenvalue weighted by atomic mass is 9.96. The number of aryl methyl sites for hydroxylation is 2. The molecule has 0 aliphatic carbocycles. The Morgan fingerprint density at radius 2 is 1.54 bits per heavy atom. The number of hydrogen-bond acceptors (Lipinski definition) is 8. The number of nitrogens with one attached hydrogen (secondary N) is 3. The topological polar surface area (TPSA) is 206 Å². The van der Waals surface area contributed by atoms with Gasteiger partial charge in [0.15, 0.2) is 0 Å². The van der Waals surface area contributed by atoms with Gasteiger partial charge in [-0.2, -0.15) is 11.8 Å². The summed E-state index contributed by atoms with van der Waals surface area (Å²) in [6, 6.07) is 9.96. The standard InChI is InChI=1S/C34H51N5O6S.ClH.H2O/c1-23-18-26(41)19-24(2)27(23)21-28(35)32(43)38-29(14-17-46-4)33(44)36-22-31(42)37-30(20-25-12-8-7-9-13-25)34(45)39(3)15-10-5-6-11-16-40;;/h7-9,12-13,18-19,28-30,40-41H,5-6,10-11,14-17,20-22,35H2,1-4H3,(H,36,44)(H,37,42)(H,38,43);1H;1H2/t28-,29+,30-;;/m0../s1. The second-order valence-corrected chi connectivity index (χ2v) is 12.6. The number of thioether (sulfide) groups is 1. The first-order valence-corrected chi connectivity index (χ1v) is 17.2. The lowest BCUT2D eigenvalue weighted by Crippen LogP contribution is -2.55. The summed E-state index contributed by atoms with van der Waals surface area (Å²) in [7, 11) is 1.70. The van der Waals surface area contributed by atoms with Gasteiger partial charge in [0.25, 0.3) is 0 Å². The third-order valence-corrected chi connectivity index (χ3v) is 8.45. The third kappa shape index (κ3) is 15.7. The molecule has 2 rings (SSSR count).